The van der Waals surface area contributed by atoms with Gasteiger partial charge >= 0.3 is 0 Å². The molecule has 0 unspecified atom stereocenters. The number of nitrogen functional groups attached to an aromatic ring is 1. The summed E-state index contributed by atoms with van der Waals surface area (Å²) in [5.41, 5.74) is 32.3. The maximum atomic E-state index is 8.35. The van der Waals surface area contributed by atoms with Crippen LogP contribution in [0.25, 0.3) is 127 Å². The van der Waals surface area contributed by atoms with Gasteiger partial charge in [-0.15, -0.1) is 0 Å². The normalized spacial score (nSPS) is 13.9. The first-order chi connectivity index (χ1) is 38.0. The summed E-state index contributed by atoms with van der Waals surface area (Å²) in [7, 11) is 0. The molecular formula is C73H53N5. The number of nitrogens with two attached hydrogens (primary N) is 1. The number of nitrogens with one attached hydrogen (secondary N) is 1. The van der Waals surface area contributed by atoms with Gasteiger partial charge in [0.05, 0.1) is 33.1 Å². The second-order valence-electron chi connectivity index (χ2n) is 22.7. The molecule has 5 heteroatoms. The van der Waals surface area contributed by atoms with Crippen LogP contribution in [0.1, 0.15) is 55.5 Å². The van der Waals surface area contributed by atoms with E-state index in [-0.39, 0.29) is 16.7 Å². The fourth-order valence-corrected chi connectivity index (χ4v) is 14.0. The van der Waals surface area contributed by atoms with Crippen LogP contribution in [-0.4, -0.2) is 19.5 Å². The number of hydrogen-bond donors (Lipinski definition) is 2. The second-order valence-corrected chi connectivity index (χ2v) is 22.7. The molecule has 3 heterocycles. The Morgan fingerprint density at radius 1 is 0.308 bits per heavy atom. The van der Waals surface area contributed by atoms with Crippen LogP contribution >= 0.6 is 0 Å². The molecule has 0 atom stereocenters. The average molecular weight is 1000 g/mol. The van der Waals surface area contributed by atoms with Crippen molar-refractivity contribution in [3.05, 3.63) is 258 Å². The number of rotatable bonds is 6. The van der Waals surface area contributed by atoms with Crippen molar-refractivity contribution < 1.29 is 0 Å². The molecule has 3 aromatic heterocycles. The van der Waals surface area contributed by atoms with E-state index in [9.17, 15) is 0 Å². The maximum absolute atomic E-state index is 8.35. The van der Waals surface area contributed by atoms with Crippen molar-refractivity contribution in [1.29, 1.82) is 5.41 Å². The van der Waals surface area contributed by atoms with Crippen molar-refractivity contribution in [1.82, 2.24) is 13.7 Å². The van der Waals surface area contributed by atoms with E-state index in [1.807, 2.05) is 18.2 Å². The maximum Gasteiger partial charge on any atom is 0.122 e. The van der Waals surface area contributed by atoms with E-state index < -0.39 is 0 Å². The lowest BCUT2D eigenvalue weighted by Gasteiger charge is -2.22. The van der Waals surface area contributed by atoms with E-state index in [0.29, 0.717) is 5.56 Å². The Morgan fingerprint density at radius 2 is 0.654 bits per heavy atom. The van der Waals surface area contributed by atoms with Crippen LogP contribution < -0.4 is 5.73 Å². The summed E-state index contributed by atoms with van der Waals surface area (Å²) in [4.78, 5) is 0. The van der Waals surface area contributed by atoms with E-state index >= 15 is 0 Å². The fourth-order valence-electron chi connectivity index (χ4n) is 14.0. The van der Waals surface area contributed by atoms with Gasteiger partial charge in [0.1, 0.15) is 5.84 Å². The zero-order valence-electron chi connectivity index (χ0n) is 43.9. The van der Waals surface area contributed by atoms with Crippen molar-refractivity contribution >= 4 is 71.3 Å². The average Bonchev–Trinajstić information content (AvgIpc) is 4.43. The molecule has 5 nitrogen and oxygen atoms in total. The first-order valence-electron chi connectivity index (χ1n) is 27.1. The van der Waals surface area contributed by atoms with Crippen LogP contribution in [0.2, 0.25) is 0 Å². The summed E-state index contributed by atoms with van der Waals surface area (Å²) in [6.07, 6.45) is 0. The number of nitrogens with zero attached hydrogens (tertiary/aromatic N) is 3. The number of fused-ring (bicyclic) bond motifs is 15. The number of aromatic nitrogens is 3. The summed E-state index contributed by atoms with van der Waals surface area (Å²) in [5, 5.41) is 15.6. The molecular weight excluding hydrogens is 947 g/mol. The highest BCUT2D eigenvalue weighted by atomic mass is 15.0. The Balaban J connectivity index is 0.843. The molecule has 0 saturated carbocycles. The third kappa shape index (κ3) is 6.15. The van der Waals surface area contributed by atoms with Gasteiger partial charge in [-0.05, 0) is 164 Å². The van der Waals surface area contributed by atoms with Gasteiger partial charge in [-0.2, -0.15) is 0 Å². The molecule has 0 spiro atoms. The Hall–Kier alpha value is -9.71. The molecule has 0 amide bonds. The summed E-state index contributed by atoms with van der Waals surface area (Å²) in [5.74, 6) is 0.0480. The highest BCUT2D eigenvalue weighted by Crippen LogP contribution is 2.51. The van der Waals surface area contributed by atoms with Gasteiger partial charge in [0.2, 0.25) is 0 Å². The van der Waals surface area contributed by atoms with Gasteiger partial charge in [0.25, 0.3) is 0 Å². The second kappa shape index (κ2) is 15.9. The van der Waals surface area contributed by atoms with Gasteiger partial charge in [-0.1, -0.05) is 161 Å². The highest BCUT2D eigenvalue weighted by Gasteiger charge is 2.37. The first kappa shape index (κ1) is 44.6. The third-order valence-electron chi connectivity index (χ3n) is 17.8. The van der Waals surface area contributed by atoms with Crippen LogP contribution in [0.5, 0.6) is 0 Å². The van der Waals surface area contributed by atoms with Crippen molar-refractivity contribution in [3.63, 3.8) is 0 Å². The molecule has 0 radical (unpaired) electrons. The Bertz CT molecular complexity index is 4670. The molecule has 0 fully saturated rings. The highest BCUT2D eigenvalue weighted by molar-refractivity contribution is 6.15. The summed E-state index contributed by atoms with van der Waals surface area (Å²) in [6, 6.07) is 85.3. The van der Waals surface area contributed by atoms with Crippen LogP contribution in [0.15, 0.2) is 231 Å². The molecule has 78 heavy (non-hydrogen) atoms. The van der Waals surface area contributed by atoms with Crippen molar-refractivity contribution in [3.8, 4) is 61.6 Å². The minimum atomic E-state index is -0.0996. The lowest BCUT2D eigenvalue weighted by atomic mass is 9.82. The number of amidine groups is 1. The van der Waals surface area contributed by atoms with Crippen LogP contribution in [0.3, 0.4) is 0 Å². The molecule has 16 rings (SSSR count). The monoisotopic (exact) mass is 999 g/mol. The number of para-hydroxylation sites is 2. The fraction of sp³-hybridized carbons (Fsp3) is 0.0822. The summed E-state index contributed by atoms with van der Waals surface area (Å²) < 4.78 is 7.22. The summed E-state index contributed by atoms with van der Waals surface area (Å²) >= 11 is 0. The number of benzene rings is 11. The smallest absolute Gasteiger partial charge is 0.122 e. The van der Waals surface area contributed by atoms with Crippen molar-refractivity contribution in [2.75, 3.05) is 0 Å². The molecule has 2 aliphatic carbocycles. The quantitative estimate of drug-likeness (QED) is 0.127. The van der Waals surface area contributed by atoms with Crippen molar-refractivity contribution in [2.24, 2.45) is 5.73 Å². The minimum absolute atomic E-state index is 0.0480. The Morgan fingerprint density at radius 3 is 1.08 bits per heavy atom. The molecule has 370 valence electrons. The van der Waals surface area contributed by atoms with E-state index in [1.165, 1.54) is 99.5 Å². The largest absolute Gasteiger partial charge is 0.384 e. The Labute approximate surface area is 452 Å². The first-order valence-corrected chi connectivity index (χ1v) is 27.1. The van der Waals surface area contributed by atoms with Gasteiger partial charge in [-0.3, -0.25) is 5.41 Å². The zero-order valence-corrected chi connectivity index (χ0v) is 43.9. The van der Waals surface area contributed by atoms with Crippen molar-refractivity contribution in [2.45, 2.75) is 38.5 Å². The van der Waals surface area contributed by atoms with E-state index in [4.69, 9.17) is 11.1 Å². The van der Waals surface area contributed by atoms with Gasteiger partial charge < -0.3 is 19.4 Å². The molecule has 2 aliphatic rings. The minimum Gasteiger partial charge on any atom is -0.384 e. The lowest BCUT2D eigenvalue weighted by molar-refractivity contribution is 0.660. The van der Waals surface area contributed by atoms with E-state index in [0.717, 1.165) is 49.7 Å². The molecule has 11 aromatic carbocycles. The van der Waals surface area contributed by atoms with Crippen LogP contribution in [0, 0.1) is 5.41 Å². The third-order valence-corrected chi connectivity index (χ3v) is 17.8. The molecule has 0 aliphatic heterocycles. The predicted molar refractivity (Wildman–Crippen MR) is 326 cm³/mol. The van der Waals surface area contributed by atoms with E-state index in [1.54, 1.807) is 0 Å². The summed E-state index contributed by atoms with van der Waals surface area (Å²) in [6.45, 7) is 9.42. The molecule has 0 saturated heterocycles. The SMILES string of the molecule is CC1(C)c2ccccc2-c2ccc(-n3c4ccccc4c4cc(-c5ccc6c(c5)c5cc(-c7ccc8c(c7)c7ccccc7n8-c7ccc8c(c7)C(C)(C)c7ccccc7-8)ccc5n6-c5cccc(C(=N)N)c5)ccc43)cc21. The predicted octanol–water partition coefficient (Wildman–Crippen LogP) is 18.2. The van der Waals surface area contributed by atoms with Crippen LogP contribution in [-0.2, 0) is 10.8 Å². The molecule has 14 aromatic rings. The number of hydrogen-bond acceptors (Lipinski definition) is 1. The topological polar surface area (TPSA) is 64.7 Å². The standard InChI is InChI=1S/C73H53N5/c1-72(2)61-20-9-5-16-51(61)53-30-28-49(41-63(53)72)77-65-22-11-7-18-55(65)57-37-43(24-32-67(57)77)45-26-34-69-59(39-45)60-40-46(27-35-70(60)76(69)48-15-13-14-47(36-48)71(74)75)44-25-33-68-58(38-44)56-19-8-12-23-66(56)78(68)50-29-31-54-52-17-6-10-21-62(52)73(3,4)64(54)42-50/h5-42H,1-4H3,(H3,74,75). The lowest BCUT2D eigenvalue weighted by Crippen LogP contribution is -2.15. The van der Waals surface area contributed by atoms with E-state index in [2.05, 4.69) is 254 Å². The molecule has 0 bridgehead atoms. The van der Waals surface area contributed by atoms with Gasteiger partial charge in [-0.25, -0.2) is 0 Å². The van der Waals surface area contributed by atoms with Crippen LogP contribution in [0.4, 0.5) is 0 Å². The van der Waals surface area contributed by atoms with Gasteiger partial charge in [0, 0.05) is 65.8 Å². The van der Waals surface area contributed by atoms with Gasteiger partial charge in [0.15, 0.2) is 0 Å². The molecule has 3 N–H and O–H groups in total. The Kier molecular flexibility index (Phi) is 9.10. The zero-order chi connectivity index (χ0) is 52.3.